The Bertz CT molecular complexity index is 320. The highest BCUT2D eigenvalue weighted by molar-refractivity contribution is 8.27. The average molecular weight is 290 g/mol. The quantitative estimate of drug-likeness (QED) is 0.252. The number of nitrogens with two attached hydrogens (primary N) is 1. The fraction of sp³-hybridized carbons (Fsp3) is 0.833. The average Bonchev–Trinajstić information content (AvgIpc) is 2.45. The van der Waals surface area contributed by atoms with E-state index >= 15 is 0 Å². The second-order valence-electron chi connectivity index (χ2n) is 5.13. The molecule has 0 spiro atoms. The molecule has 1 saturated carbocycles. The van der Waals surface area contributed by atoms with Crippen LogP contribution in [0.3, 0.4) is 0 Å². The molecule has 16 heteroatoms. The van der Waals surface area contributed by atoms with Crippen LogP contribution in [0.1, 0.15) is 12.8 Å². The summed E-state index contributed by atoms with van der Waals surface area (Å²) in [6.45, 7) is 0. The van der Waals surface area contributed by atoms with E-state index in [0.29, 0.717) is 18.8 Å². The van der Waals surface area contributed by atoms with E-state index in [4.69, 9.17) is 18.6 Å². The van der Waals surface area contributed by atoms with Crippen LogP contribution in [0.4, 0.5) is 0 Å². The van der Waals surface area contributed by atoms with Gasteiger partial charge in [-0.1, -0.05) is 0 Å². The first-order chi connectivity index (χ1) is 10.6. The molecule has 0 aromatic rings. The second-order valence-corrected chi connectivity index (χ2v) is 6.07. The summed E-state index contributed by atoms with van der Waals surface area (Å²) in [7, 11) is 23.8. The minimum Gasteiger partial charge on any atom is -0.480 e. The normalized spacial score (nSPS) is 22.1. The molecule has 13 radical (unpaired) electrons. The summed E-state index contributed by atoms with van der Waals surface area (Å²) >= 11 is 1.68. The molecule has 0 saturated heterocycles. The van der Waals surface area contributed by atoms with E-state index in [1.807, 2.05) is 62.9 Å². The lowest BCUT2D eigenvalue weighted by molar-refractivity contribution is -0.148. The summed E-state index contributed by atoms with van der Waals surface area (Å²) in [5.41, 5.74) is 4.73. The van der Waals surface area contributed by atoms with Crippen molar-refractivity contribution in [3.05, 3.63) is 0 Å². The molecule has 0 atom stereocenters. The Morgan fingerprint density at radius 2 is 1.59 bits per heavy atom. The van der Waals surface area contributed by atoms with Gasteiger partial charge in [0.15, 0.2) is 0 Å². The zero-order valence-electron chi connectivity index (χ0n) is 12.5. The molecule has 0 amide bonds. The van der Waals surface area contributed by atoms with Crippen molar-refractivity contribution < 1.29 is 9.90 Å². The van der Waals surface area contributed by atoms with Gasteiger partial charge in [0, 0.05) is 78.3 Å². The predicted molar refractivity (Wildman–Crippen MR) is 109 cm³/mol. The maximum atomic E-state index is 10.8. The monoisotopic (exact) mass is 292 g/mol. The standard InChI is InChI=1S/C6H10B12NO2S/c7-8-9-10-11-12-13-14-15-16-17-18-22-3-4-1-6(19,2-4)5(20)21/h4H,1-3,19H2,(H,20,21). The van der Waals surface area contributed by atoms with Crippen LogP contribution in [0.25, 0.3) is 0 Å². The molecule has 93 valence electrons. The van der Waals surface area contributed by atoms with Crippen LogP contribution >= 0.6 is 11.6 Å². The number of rotatable bonds is 14. The Balaban J connectivity index is 1.77. The van der Waals surface area contributed by atoms with Crippen molar-refractivity contribution in [3.8, 4) is 0 Å². The van der Waals surface area contributed by atoms with Crippen LogP contribution in [-0.4, -0.2) is 107 Å². The first-order valence-corrected chi connectivity index (χ1v) is 8.14. The molecule has 0 aromatic heterocycles. The molecule has 3 N–H and O–H groups in total. The summed E-state index contributed by atoms with van der Waals surface area (Å²) in [5.74, 6) is 0.438. The maximum absolute atomic E-state index is 10.8. The molecular formula is C6H10B12NO2S. The highest BCUT2D eigenvalue weighted by Gasteiger charge is 2.46. The number of carbonyl (C=O) groups is 1. The van der Waals surface area contributed by atoms with E-state index in [2.05, 4.69) is 0 Å². The van der Waals surface area contributed by atoms with E-state index in [1.54, 1.807) is 18.7 Å². The minimum atomic E-state index is -0.982. The fourth-order valence-corrected chi connectivity index (χ4v) is 2.89. The molecule has 1 aliphatic rings. The van der Waals surface area contributed by atoms with Gasteiger partial charge in [0.2, 0.25) is 0 Å². The van der Waals surface area contributed by atoms with Crippen molar-refractivity contribution >= 4 is 102 Å². The van der Waals surface area contributed by atoms with E-state index in [1.165, 1.54) is 7.06 Å². The van der Waals surface area contributed by atoms with Gasteiger partial charge in [-0.15, -0.1) is 0 Å². The van der Waals surface area contributed by atoms with Gasteiger partial charge >= 0.3 is 5.97 Å². The topological polar surface area (TPSA) is 63.3 Å². The highest BCUT2D eigenvalue weighted by Crippen LogP contribution is 2.37. The van der Waals surface area contributed by atoms with Crippen molar-refractivity contribution in [1.29, 1.82) is 0 Å². The third-order valence-corrected chi connectivity index (χ3v) is 4.25. The SMILES string of the molecule is [B][B][B][B][B][B][B][B][B][B][B][B]SCC1CC(N)(C(=O)O)C1. The van der Waals surface area contributed by atoms with Crippen molar-refractivity contribution in [1.82, 2.24) is 0 Å². The lowest BCUT2D eigenvalue weighted by Gasteiger charge is -2.41. The van der Waals surface area contributed by atoms with Crippen molar-refractivity contribution in [2.75, 3.05) is 5.75 Å². The molecule has 0 aromatic carbocycles. The van der Waals surface area contributed by atoms with Crippen molar-refractivity contribution in [3.63, 3.8) is 0 Å². The predicted octanol–water partition coefficient (Wildman–Crippen LogP) is -4.19. The second kappa shape index (κ2) is 12.0. The Morgan fingerprint density at radius 3 is 2.09 bits per heavy atom. The number of carboxylic acids is 1. The smallest absolute Gasteiger partial charge is 0.323 e. The summed E-state index contributed by atoms with van der Waals surface area (Å²) in [6.07, 6.45) is 3.16. The fourth-order valence-electron chi connectivity index (χ4n) is 2.07. The zero-order valence-corrected chi connectivity index (χ0v) is 13.3. The molecule has 0 bridgehead atoms. The molecule has 1 aliphatic carbocycles. The number of hydrogen-bond donors (Lipinski definition) is 2. The lowest BCUT2D eigenvalue weighted by Crippen LogP contribution is -2.58. The van der Waals surface area contributed by atoms with Crippen LogP contribution < -0.4 is 5.73 Å². The summed E-state index contributed by atoms with van der Waals surface area (Å²) in [4.78, 5) is 10.8. The van der Waals surface area contributed by atoms with Gasteiger partial charge in [0.1, 0.15) is 12.0 Å². The Morgan fingerprint density at radius 1 is 1.09 bits per heavy atom. The summed E-state index contributed by atoms with van der Waals surface area (Å²) in [6, 6.07) is 0. The summed E-state index contributed by atoms with van der Waals surface area (Å²) < 4.78 is 0. The van der Waals surface area contributed by atoms with Gasteiger partial charge in [0.25, 0.3) is 0 Å². The van der Waals surface area contributed by atoms with Crippen molar-refractivity contribution in [2.45, 2.75) is 18.4 Å². The maximum Gasteiger partial charge on any atom is 0.323 e. The van der Waals surface area contributed by atoms with E-state index < -0.39 is 11.5 Å². The Hall–Kier alpha value is 0.559. The molecule has 3 nitrogen and oxygen atoms in total. The van der Waals surface area contributed by atoms with Gasteiger partial charge in [-0.05, 0) is 24.5 Å². The van der Waals surface area contributed by atoms with Crippen LogP contribution in [0.5, 0.6) is 0 Å². The zero-order chi connectivity index (χ0) is 16.3. The first kappa shape index (κ1) is 20.6. The Kier molecular flexibility index (Phi) is 11.2. The van der Waals surface area contributed by atoms with Gasteiger partial charge in [-0.3, -0.25) is 4.79 Å². The molecule has 0 aliphatic heterocycles. The molecule has 1 rings (SSSR count). The van der Waals surface area contributed by atoms with Gasteiger partial charge in [-0.2, -0.15) is 0 Å². The number of aliphatic carboxylic acids is 1. The number of carboxylic acid groups (broad SMARTS) is 1. The third kappa shape index (κ3) is 8.42. The molecule has 0 heterocycles. The number of hydrogen-bond acceptors (Lipinski definition) is 3. The van der Waals surface area contributed by atoms with E-state index in [-0.39, 0.29) is 0 Å². The van der Waals surface area contributed by atoms with Crippen LogP contribution in [0, 0.1) is 5.92 Å². The van der Waals surface area contributed by atoms with Crippen molar-refractivity contribution in [2.24, 2.45) is 11.7 Å². The van der Waals surface area contributed by atoms with Gasteiger partial charge in [0.05, 0.1) is 0 Å². The van der Waals surface area contributed by atoms with Gasteiger partial charge < -0.3 is 10.8 Å². The van der Waals surface area contributed by atoms with E-state index in [0.717, 1.165) is 5.75 Å². The molecular weight excluding hydrogens is 280 g/mol. The van der Waals surface area contributed by atoms with Crippen LogP contribution in [0.15, 0.2) is 0 Å². The highest BCUT2D eigenvalue weighted by atomic mass is 32.2. The Labute approximate surface area is 148 Å². The molecule has 0 unspecified atom stereocenters. The van der Waals surface area contributed by atoms with Gasteiger partial charge in [-0.25, -0.2) is 11.6 Å². The van der Waals surface area contributed by atoms with Crippen LogP contribution in [-0.2, 0) is 4.79 Å². The largest absolute Gasteiger partial charge is 0.480 e. The molecule has 1 fully saturated rings. The summed E-state index contributed by atoms with van der Waals surface area (Å²) in [5, 5.41) is 8.91. The van der Waals surface area contributed by atoms with Crippen LogP contribution in [0.2, 0.25) is 0 Å². The first-order valence-electron chi connectivity index (χ1n) is 7.09. The third-order valence-electron chi connectivity index (χ3n) is 3.24. The lowest BCUT2D eigenvalue weighted by atomic mass is 8.87. The molecule has 22 heavy (non-hydrogen) atoms. The van der Waals surface area contributed by atoms with E-state index in [9.17, 15) is 4.79 Å². The minimum absolute atomic E-state index is 0.406.